The second-order valence-corrected chi connectivity index (χ2v) is 4.83. The lowest BCUT2D eigenvalue weighted by Crippen LogP contribution is -2.32. The van der Waals surface area contributed by atoms with Gasteiger partial charge in [-0.25, -0.2) is 4.98 Å². The van der Waals surface area contributed by atoms with Gasteiger partial charge in [-0.2, -0.15) is 0 Å². The first-order chi connectivity index (χ1) is 8.72. The highest BCUT2D eigenvalue weighted by molar-refractivity contribution is 5.32. The van der Waals surface area contributed by atoms with Gasteiger partial charge in [-0.3, -0.25) is 4.79 Å². The number of ether oxygens (including phenoxy) is 1. The van der Waals surface area contributed by atoms with E-state index in [1.807, 2.05) is 0 Å². The van der Waals surface area contributed by atoms with E-state index in [1.165, 1.54) is 0 Å². The van der Waals surface area contributed by atoms with E-state index in [1.54, 1.807) is 17.0 Å². The maximum atomic E-state index is 12.1. The van der Waals surface area contributed by atoms with Crippen molar-refractivity contribution in [1.29, 1.82) is 0 Å². The van der Waals surface area contributed by atoms with Crippen LogP contribution in [0.3, 0.4) is 0 Å². The van der Waals surface area contributed by atoms with Crippen LogP contribution in [0.1, 0.15) is 26.7 Å². The van der Waals surface area contributed by atoms with Gasteiger partial charge in [0.15, 0.2) is 5.82 Å². The van der Waals surface area contributed by atoms with Crippen molar-refractivity contribution in [3.05, 3.63) is 22.7 Å². The van der Waals surface area contributed by atoms with Crippen molar-refractivity contribution >= 4 is 5.82 Å². The van der Waals surface area contributed by atoms with Gasteiger partial charge in [0.05, 0.1) is 6.61 Å². The number of hydrogen-bond donors (Lipinski definition) is 1. The maximum absolute atomic E-state index is 12.1. The molecule has 5 heteroatoms. The molecule has 1 aliphatic rings. The van der Waals surface area contributed by atoms with E-state index in [2.05, 4.69) is 24.1 Å². The van der Waals surface area contributed by atoms with Crippen LogP contribution in [0.5, 0.6) is 0 Å². The zero-order valence-electron chi connectivity index (χ0n) is 11.1. The molecule has 1 N–H and O–H groups in total. The molecule has 2 atom stereocenters. The lowest BCUT2D eigenvalue weighted by atomic mass is 10.0. The molecule has 2 heterocycles. The molecule has 1 fully saturated rings. The van der Waals surface area contributed by atoms with Gasteiger partial charge in [0.1, 0.15) is 0 Å². The number of anilines is 1. The lowest BCUT2D eigenvalue weighted by molar-refractivity contribution is 0.183. The van der Waals surface area contributed by atoms with E-state index >= 15 is 0 Å². The highest BCUT2D eigenvalue weighted by Crippen LogP contribution is 2.18. The fourth-order valence-corrected chi connectivity index (χ4v) is 2.24. The van der Waals surface area contributed by atoms with E-state index < -0.39 is 0 Å². The Morgan fingerprint density at radius 1 is 1.67 bits per heavy atom. The van der Waals surface area contributed by atoms with Gasteiger partial charge in [-0.05, 0) is 19.8 Å². The molecule has 0 bridgehead atoms. The van der Waals surface area contributed by atoms with Gasteiger partial charge < -0.3 is 14.6 Å². The number of aryl methyl sites for hydroxylation is 1. The molecule has 2 rings (SSSR count). The van der Waals surface area contributed by atoms with Crippen molar-refractivity contribution < 1.29 is 4.74 Å². The predicted molar refractivity (Wildman–Crippen MR) is 70.8 cm³/mol. The minimum Gasteiger partial charge on any atom is -0.381 e. The molecule has 0 spiro atoms. The smallest absolute Gasteiger partial charge is 0.293 e. The second kappa shape index (κ2) is 6.00. The van der Waals surface area contributed by atoms with E-state index in [0.29, 0.717) is 11.7 Å². The quantitative estimate of drug-likeness (QED) is 0.861. The van der Waals surface area contributed by atoms with E-state index in [9.17, 15) is 4.79 Å². The van der Waals surface area contributed by atoms with Crippen molar-refractivity contribution in [2.45, 2.75) is 39.3 Å². The van der Waals surface area contributed by atoms with Gasteiger partial charge in [0.2, 0.25) is 0 Å². The molecule has 0 aliphatic carbocycles. The van der Waals surface area contributed by atoms with Gasteiger partial charge >= 0.3 is 0 Å². The average molecular weight is 251 g/mol. The SMILES string of the molecule is CCCn1ccnc(NC(C)C2CCOC2)c1=O. The predicted octanol–water partition coefficient (Wildman–Crippen LogP) is 1.49. The second-order valence-electron chi connectivity index (χ2n) is 4.83. The number of hydrogen-bond acceptors (Lipinski definition) is 4. The summed E-state index contributed by atoms with van der Waals surface area (Å²) >= 11 is 0. The molecule has 1 saturated heterocycles. The third-order valence-corrected chi connectivity index (χ3v) is 3.41. The molecule has 0 aromatic carbocycles. The van der Waals surface area contributed by atoms with Crippen LogP contribution in [0.2, 0.25) is 0 Å². The normalized spacial score (nSPS) is 20.9. The molecule has 18 heavy (non-hydrogen) atoms. The average Bonchev–Trinajstić information content (AvgIpc) is 2.88. The van der Waals surface area contributed by atoms with Gasteiger partial charge in [-0.1, -0.05) is 6.92 Å². The first-order valence-electron chi connectivity index (χ1n) is 6.62. The third kappa shape index (κ3) is 2.90. The number of aromatic nitrogens is 2. The summed E-state index contributed by atoms with van der Waals surface area (Å²) in [4.78, 5) is 16.3. The van der Waals surface area contributed by atoms with Crippen LogP contribution in [-0.4, -0.2) is 28.8 Å². The molecule has 1 aromatic heterocycles. The Labute approximate surface area is 107 Å². The first-order valence-corrected chi connectivity index (χ1v) is 6.62. The Balaban J connectivity index is 2.08. The Kier molecular flexibility index (Phi) is 4.36. The highest BCUT2D eigenvalue weighted by atomic mass is 16.5. The summed E-state index contributed by atoms with van der Waals surface area (Å²) in [6, 6.07) is 0.213. The van der Waals surface area contributed by atoms with Gasteiger partial charge in [0, 0.05) is 37.5 Å². The summed E-state index contributed by atoms with van der Waals surface area (Å²) in [5, 5.41) is 3.23. The van der Waals surface area contributed by atoms with Crippen LogP contribution in [0.4, 0.5) is 5.82 Å². The van der Waals surface area contributed by atoms with Crippen LogP contribution in [0.15, 0.2) is 17.2 Å². The molecule has 0 amide bonds. The van der Waals surface area contributed by atoms with Crippen molar-refractivity contribution in [1.82, 2.24) is 9.55 Å². The topological polar surface area (TPSA) is 56.1 Å². The highest BCUT2D eigenvalue weighted by Gasteiger charge is 2.23. The molecule has 5 nitrogen and oxygen atoms in total. The molecule has 0 radical (unpaired) electrons. The summed E-state index contributed by atoms with van der Waals surface area (Å²) in [7, 11) is 0. The summed E-state index contributed by atoms with van der Waals surface area (Å²) in [6.45, 7) is 6.45. The molecular weight excluding hydrogens is 230 g/mol. The fourth-order valence-electron chi connectivity index (χ4n) is 2.24. The Morgan fingerprint density at radius 2 is 2.50 bits per heavy atom. The zero-order chi connectivity index (χ0) is 13.0. The van der Waals surface area contributed by atoms with Crippen LogP contribution in [0.25, 0.3) is 0 Å². The van der Waals surface area contributed by atoms with Crippen LogP contribution >= 0.6 is 0 Å². The molecule has 0 saturated carbocycles. The largest absolute Gasteiger partial charge is 0.381 e. The standard InChI is InChI=1S/C13H21N3O2/c1-3-6-16-7-5-14-12(13(16)17)15-10(2)11-4-8-18-9-11/h5,7,10-11H,3-4,6,8-9H2,1-2H3,(H,14,15). The molecule has 100 valence electrons. The molecule has 1 aliphatic heterocycles. The van der Waals surface area contributed by atoms with E-state index in [4.69, 9.17) is 4.74 Å². The van der Waals surface area contributed by atoms with E-state index in [0.717, 1.165) is 32.6 Å². The fraction of sp³-hybridized carbons (Fsp3) is 0.692. The Morgan fingerprint density at radius 3 is 3.17 bits per heavy atom. The van der Waals surface area contributed by atoms with Crippen molar-refractivity contribution in [3.63, 3.8) is 0 Å². The number of nitrogens with zero attached hydrogens (tertiary/aromatic N) is 2. The third-order valence-electron chi connectivity index (χ3n) is 3.41. The van der Waals surface area contributed by atoms with Crippen LogP contribution in [-0.2, 0) is 11.3 Å². The lowest BCUT2D eigenvalue weighted by Gasteiger charge is -2.19. The minimum absolute atomic E-state index is 0.0369. The van der Waals surface area contributed by atoms with Crippen LogP contribution in [0, 0.1) is 5.92 Å². The Bertz CT molecular complexity index is 438. The minimum atomic E-state index is -0.0369. The first kappa shape index (κ1) is 13.1. The van der Waals surface area contributed by atoms with E-state index in [-0.39, 0.29) is 11.6 Å². The molecule has 2 unspecified atom stereocenters. The van der Waals surface area contributed by atoms with Crippen LogP contribution < -0.4 is 10.9 Å². The summed E-state index contributed by atoms with van der Waals surface area (Å²) in [5.41, 5.74) is -0.0369. The summed E-state index contributed by atoms with van der Waals surface area (Å²) < 4.78 is 7.07. The van der Waals surface area contributed by atoms with Crippen molar-refractivity contribution in [2.24, 2.45) is 5.92 Å². The Hall–Kier alpha value is -1.36. The summed E-state index contributed by atoms with van der Waals surface area (Å²) in [6.07, 6.45) is 5.40. The number of nitrogens with one attached hydrogen (secondary N) is 1. The van der Waals surface area contributed by atoms with Gasteiger partial charge in [-0.15, -0.1) is 0 Å². The monoisotopic (exact) mass is 251 g/mol. The number of rotatable bonds is 5. The summed E-state index contributed by atoms with van der Waals surface area (Å²) in [5.74, 6) is 0.913. The van der Waals surface area contributed by atoms with Gasteiger partial charge in [0.25, 0.3) is 5.56 Å². The van der Waals surface area contributed by atoms with Crippen molar-refractivity contribution in [2.75, 3.05) is 18.5 Å². The van der Waals surface area contributed by atoms with Crippen molar-refractivity contribution in [3.8, 4) is 0 Å². The maximum Gasteiger partial charge on any atom is 0.293 e. The molecular formula is C13H21N3O2. The zero-order valence-corrected chi connectivity index (χ0v) is 11.1. The molecule has 1 aromatic rings.